The third kappa shape index (κ3) is 2.93. The van der Waals surface area contributed by atoms with Gasteiger partial charge in [-0.1, -0.05) is 48.7 Å². The van der Waals surface area contributed by atoms with Crippen molar-refractivity contribution < 1.29 is 4.42 Å². The van der Waals surface area contributed by atoms with Crippen LogP contribution < -0.4 is 0 Å². The van der Waals surface area contributed by atoms with Gasteiger partial charge in [0.1, 0.15) is 5.58 Å². The number of furan rings is 1. The van der Waals surface area contributed by atoms with Crippen molar-refractivity contribution in [1.82, 2.24) is 9.97 Å². The predicted molar refractivity (Wildman–Crippen MR) is 120 cm³/mol. The molecule has 136 valence electrons. The van der Waals surface area contributed by atoms with Gasteiger partial charge in [0.15, 0.2) is 0 Å². The third-order valence-corrected chi connectivity index (χ3v) is 5.68. The van der Waals surface area contributed by atoms with Crippen LogP contribution in [0.25, 0.3) is 44.2 Å². The van der Waals surface area contributed by atoms with Gasteiger partial charge in [-0.05, 0) is 42.5 Å². The lowest BCUT2D eigenvalue weighted by Crippen LogP contribution is -2.33. The zero-order valence-corrected chi connectivity index (χ0v) is 16.4. The zero-order valence-electron chi connectivity index (χ0n) is 16.4. The average molecular weight is 372 g/mol. The van der Waals surface area contributed by atoms with Gasteiger partial charge in [-0.15, -0.1) is 0 Å². The Bertz CT molecular complexity index is 1370. The van der Waals surface area contributed by atoms with Crippen molar-refractivity contribution in [3.05, 3.63) is 72.4 Å². The number of pyridine rings is 2. The summed E-state index contributed by atoms with van der Waals surface area (Å²) in [6, 6.07) is 20.1. The number of rotatable bonds is 3. The molecule has 2 aromatic carbocycles. The Balaban J connectivity index is 1.68. The summed E-state index contributed by atoms with van der Waals surface area (Å²) in [5.41, 5.74) is 5.03. The average Bonchev–Trinajstić information content (AvgIpc) is 3.08. The van der Waals surface area contributed by atoms with Gasteiger partial charge >= 0.3 is 0 Å². The molecule has 5 aromatic rings. The van der Waals surface area contributed by atoms with E-state index in [0.717, 1.165) is 44.1 Å². The summed E-state index contributed by atoms with van der Waals surface area (Å²) < 4.78 is 5.99. The first-order valence-electron chi connectivity index (χ1n) is 9.70. The second kappa shape index (κ2) is 6.48. The van der Waals surface area contributed by atoms with E-state index in [0.29, 0.717) is 5.71 Å². The second-order valence-electron chi connectivity index (χ2n) is 7.86. The number of fused-ring (bicyclic) bond motifs is 4. The van der Waals surface area contributed by atoms with Crippen LogP contribution in [0.4, 0.5) is 0 Å². The molecule has 0 unspecified atom stereocenters. The zero-order chi connectivity index (χ0) is 20.2. The van der Waals surface area contributed by atoms with Crippen LogP contribution in [0.1, 0.15) is 19.4 Å². The van der Waals surface area contributed by atoms with Gasteiger partial charge in [0, 0.05) is 27.9 Å². The van der Waals surface area contributed by atoms with E-state index in [1.165, 1.54) is 0 Å². The summed E-state index contributed by atoms with van der Waals surface area (Å²) >= 11 is 0. The molecule has 5 rings (SSSR count). The minimum absolute atomic E-state index is 0.0948. The first-order valence-corrected chi connectivity index (χ1v) is 9.70. The first-order chi connectivity index (χ1) is 13.9. The quantitative estimate of drug-likeness (QED) is 0.401. The van der Waals surface area contributed by atoms with Crippen molar-refractivity contribution in [2.24, 2.45) is 5.92 Å². The molecule has 0 spiro atoms. The highest BCUT2D eigenvalue weighted by Gasteiger charge is 2.24. The van der Waals surface area contributed by atoms with Crippen LogP contribution in [0.5, 0.6) is 0 Å². The largest absolute Gasteiger partial charge is 0.438 e. The summed E-state index contributed by atoms with van der Waals surface area (Å²) in [5, 5.41) is 2.18. The lowest BCUT2D eigenvalue weighted by Gasteiger charge is -2.31. The molecule has 4 radical (unpaired) electrons. The third-order valence-electron chi connectivity index (χ3n) is 5.68. The van der Waals surface area contributed by atoms with Gasteiger partial charge in [0.25, 0.3) is 0 Å². The molecule has 0 aliphatic heterocycles. The number of nitrogens with zero attached hydrogens (tertiary/aromatic N) is 2. The standard InChI is InChI=1S/C24H18B2N2O/c1-14(2)24(25,26)17-9-10-27-21(13-17)16-7-8-22-18(11-16)19-12-15-5-3-4-6-20(15)28-23(19)29-22/h3-14H,1-2H3. The predicted octanol–water partition coefficient (Wildman–Crippen LogP) is 5.34. The summed E-state index contributed by atoms with van der Waals surface area (Å²) in [7, 11) is 12.7. The van der Waals surface area contributed by atoms with E-state index in [1.807, 2.05) is 56.3 Å². The molecule has 0 bridgehead atoms. The Hall–Kier alpha value is -3.07. The van der Waals surface area contributed by atoms with Gasteiger partial charge in [-0.3, -0.25) is 4.98 Å². The maximum Gasteiger partial charge on any atom is 0.227 e. The van der Waals surface area contributed by atoms with E-state index < -0.39 is 5.21 Å². The molecule has 0 aliphatic rings. The molecule has 3 aromatic heterocycles. The highest BCUT2D eigenvalue weighted by Crippen LogP contribution is 2.34. The molecule has 5 heteroatoms. The molecule has 0 saturated carbocycles. The van der Waals surface area contributed by atoms with Crippen LogP contribution in [-0.4, -0.2) is 25.7 Å². The summed E-state index contributed by atoms with van der Waals surface area (Å²) in [6.07, 6.45) is 1.76. The molecule has 0 atom stereocenters. The molecule has 0 aliphatic carbocycles. The number of benzene rings is 2. The molecule has 0 amide bonds. The van der Waals surface area contributed by atoms with Gasteiger partial charge < -0.3 is 4.42 Å². The van der Waals surface area contributed by atoms with Gasteiger partial charge in [0.2, 0.25) is 5.71 Å². The highest BCUT2D eigenvalue weighted by molar-refractivity contribution is 6.40. The molecule has 29 heavy (non-hydrogen) atoms. The van der Waals surface area contributed by atoms with E-state index in [1.54, 1.807) is 6.20 Å². The fourth-order valence-corrected chi connectivity index (χ4v) is 3.65. The van der Waals surface area contributed by atoms with Crippen LogP contribution in [0.15, 0.2) is 71.3 Å². The molecule has 0 N–H and O–H groups in total. The molecule has 0 saturated heterocycles. The first kappa shape index (κ1) is 18.0. The van der Waals surface area contributed by atoms with Crippen LogP contribution in [-0.2, 0) is 5.21 Å². The van der Waals surface area contributed by atoms with Crippen molar-refractivity contribution in [3.63, 3.8) is 0 Å². The Morgan fingerprint density at radius 1 is 0.931 bits per heavy atom. The van der Waals surface area contributed by atoms with Crippen molar-refractivity contribution in [2.75, 3.05) is 0 Å². The molecule has 0 fully saturated rings. The Morgan fingerprint density at radius 3 is 2.59 bits per heavy atom. The molecular formula is C24H18B2N2O. The summed E-state index contributed by atoms with van der Waals surface area (Å²) in [4.78, 5) is 9.21. The monoisotopic (exact) mass is 372 g/mol. The Labute approximate surface area is 172 Å². The molecule has 3 heterocycles. The van der Waals surface area contributed by atoms with Crippen LogP contribution in [0.2, 0.25) is 0 Å². The van der Waals surface area contributed by atoms with E-state index in [4.69, 9.17) is 20.1 Å². The summed E-state index contributed by atoms with van der Waals surface area (Å²) in [5.74, 6) is 0.0948. The number of aromatic nitrogens is 2. The van der Waals surface area contributed by atoms with Crippen molar-refractivity contribution in [3.8, 4) is 11.3 Å². The molecule has 3 nitrogen and oxygen atoms in total. The highest BCUT2D eigenvalue weighted by atomic mass is 16.3. The van der Waals surface area contributed by atoms with Crippen molar-refractivity contribution in [2.45, 2.75) is 19.1 Å². The Morgan fingerprint density at radius 2 is 1.76 bits per heavy atom. The topological polar surface area (TPSA) is 38.9 Å². The summed E-state index contributed by atoms with van der Waals surface area (Å²) in [6.45, 7) is 4.03. The molecular weight excluding hydrogens is 354 g/mol. The SMILES string of the molecule is [B]C([B])(c1ccnc(-c2ccc3oc4nc5ccccc5cc4c3c2)c1)C(C)C. The number of hydrogen-bond donors (Lipinski definition) is 0. The normalized spacial score (nSPS) is 12.4. The van der Waals surface area contributed by atoms with E-state index >= 15 is 0 Å². The van der Waals surface area contributed by atoms with E-state index in [-0.39, 0.29) is 5.92 Å². The van der Waals surface area contributed by atoms with Crippen LogP contribution in [0.3, 0.4) is 0 Å². The number of para-hydroxylation sites is 1. The lowest BCUT2D eigenvalue weighted by molar-refractivity contribution is 0.570. The van der Waals surface area contributed by atoms with Gasteiger partial charge in [0.05, 0.1) is 26.9 Å². The van der Waals surface area contributed by atoms with Gasteiger partial charge in [-0.2, -0.15) is 0 Å². The smallest absolute Gasteiger partial charge is 0.227 e. The van der Waals surface area contributed by atoms with Crippen molar-refractivity contribution in [1.29, 1.82) is 0 Å². The Kier molecular flexibility index (Phi) is 4.02. The van der Waals surface area contributed by atoms with Crippen LogP contribution >= 0.6 is 0 Å². The fraction of sp³-hybridized carbons (Fsp3) is 0.167. The number of hydrogen-bond acceptors (Lipinski definition) is 3. The minimum atomic E-state index is -0.910. The lowest BCUT2D eigenvalue weighted by atomic mass is 9.46. The van der Waals surface area contributed by atoms with E-state index in [9.17, 15) is 0 Å². The fourth-order valence-electron chi connectivity index (χ4n) is 3.65. The minimum Gasteiger partial charge on any atom is -0.438 e. The van der Waals surface area contributed by atoms with Crippen molar-refractivity contribution >= 4 is 48.7 Å². The van der Waals surface area contributed by atoms with Crippen LogP contribution in [0, 0.1) is 5.92 Å². The van der Waals surface area contributed by atoms with E-state index in [2.05, 4.69) is 28.2 Å². The van der Waals surface area contributed by atoms with Gasteiger partial charge in [-0.25, -0.2) is 4.98 Å². The second-order valence-corrected chi connectivity index (χ2v) is 7.86. The maximum absolute atomic E-state index is 6.36. The maximum atomic E-state index is 6.36.